The lowest BCUT2D eigenvalue weighted by Gasteiger charge is -2.27. The van der Waals surface area contributed by atoms with Crippen molar-refractivity contribution in [2.45, 2.75) is 53.0 Å². The van der Waals surface area contributed by atoms with Crippen LogP contribution in [0.3, 0.4) is 0 Å². The van der Waals surface area contributed by atoms with E-state index in [-0.39, 0.29) is 5.91 Å². The smallest absolute Gasteiger partial charge is 0.220 e. The summed E-state index contributed by atoms with van der Waals surface area (Å²) in [7, 11) is 0. The summed E-state index contributed by atoms with van der Waals surface area (Å²) >= 11 is 0. The van der Waals surface area contributed by atoms with E-state index in [1.807, 2.05) is 11.6 Å². The summed E-state index contributed by atoms with van der Waals surface area (Å²) in [5.41, 5.74) is 2.24. The van der Waals surface area contributed by atoms with Crippen LogP contribution in [0.1, 0.15) is 44.0 Å². The van der Waals surface area contributed by atoms with Gasteiger partial charge in [-0.15, -0.1) is 0 Å². The molecule has 22 heavy (non-hydrogen) atoms. The maximum Gasteiger partial charge on any atom is 0.220 e. The van der Waals surface area contributed by atoms with Gasteiger partial charge in [-0.3, -0.25) is 9.48 Å². The van der Waals surface area contributed by atoms with Gasteiger partial charge >= 0.3 is 0 Å². The molecule has 0 saturated carbocycles. The van der Waals surface area contributed by atoms with Crippen LogP contribution in [0.15, 0.2) is 6.07 Å². The Balaban J connectivity index is 1.62. The second-order valence-electron chi connectivity index (χ2n) is 6.62. The van der Waals surface area contributed by atoms with E-state index < -0.39 is 0 Å². The Bertz CT molecular complexity index is 477. The molecule has 1 unspecified atom stereocenters. The molecule has 1 aromatic heterocycles. The van der Waals surface area contributed by atoms with Crippen molar-refractivity contribution >= 4 is 5.91 Å². The monoisotopic (exact) mass is 306 g/mol. The topological polar surface area (TPSA) is 59.0 Å². The van der Waals surface area contributed by atoms with Crippen LogP contribution in [0.25, 0.3) is 0 Å². The molecule has 124 valence electrons. The van der Waals surface area contributed by atoms with Gasteiger partial charge in [0, 0.05) is 25.2 Å². The summed E-state index contributed by atoms with van der Waals surface area (Å²) in [4.78, 5) is 12.0. The zero-order valence-electron chi connectivity index (χ0n) is 14.2. The van der Waals surface area contributed by atoms with Crippen LogP contribution in [0.5, 0.6) is 0 Å². The maximum absolute atomic E-state index is 12.0. The highest BCUT2D eigenvalue weighted by Crippen LogP contribution is 2.24. The number of aromatic nitrogens is 2. The van der Waals surface area contributed by atoms with Gasteiger partial charge in [-0.25, -0.2) is 0 Å². The molecule has 1 atom stereocenters. The summed E-state index contributed by atoms with van der Waals surface area (Å²) in [6.07, 6.45) is 3.98. The summed E-state index contributed by atoms with van der Waals surface area (Å²) in [5, 5.41) is 10.9. The van der Waals surface area contributed by atoms with Crippen molar-refractivity contribution in [3.05, 3.63) is 17.5 Å². The molecule has 5 nitrogen and oxygen atoms in total. The van der Waals surface area contributed by atoms with Crippen LogP contribution in [-0.4, -0.2) is 35.3 Å². The van der Waals surface area contributed by atoms with Gasteiger partial charge in [-0.05, 0) is 64.1 Å². The van der Waals surface area contributed by atoms with Crippen molar-refractivity contribution in [2.24, 2.45) is 11.8 Å². The highest BCUT2D eigenvalue weighted by Gasteiger charge is 2.21. The molecule has 2 N–H and O–H groups in total. The Labute approximate surface area is 133 Å². The number of carbonyl (C=O) groups is 1. The Morgan fingerprint density at radius 2 is 2.18 bits per heavy atom. The molecule has 0 spiro atoms. The molecule has 1 saturated heterocycles. The predicted octanol–water partition coefficient (Wildman–Crippen LogP) is 2.03. The lowest BCUT2D eigenvalue weighted by molar-refractivity contribution is -0.122. The van der Waals surface area contributed by atoms with E-state index >= 15 is 0 Å². The van der Waals surface area contributed by atoms with Crippen LogP contribution < -0.4 is 10.6 Å². The van der Waals surface area contributed by atoms with E-state index in [2.05, 4.69) is 35.6 Å². The van der Waals surface area contributed by atoms with Gasteiger partial charge in [0.15, 0.2) is 0 Å². The Morgan fingerprint density at radius 3 is 2.82 bits per heavy atom. The second-order valence-corrected chi connectivity index (χ2v) is 6.62. The summed E-state index contributed by atoms with van der Waals surface area (Å²) in [5.74, 6) is 1.37. The molecule has 1 fully saturated rings. The summed E-state index contributed by atoms with van der Waals surface area (Å²) in [6, 6.07) is 2.08. The van der Waals surface area contributed by atoms with Crippen molar-refractivity contribution in [1.82, 2.24) is 20.4 Å². The second kappa shape index (κ2) is 8.32. The predicted molar refractivity (Wildman–Crippen MR) is 88.7 cm³/mol. The van der Waals surface area contributed by atoms with E-state index in [0.29, 0.717) is 18.3 Å². The summed E-state index contributed by atoms with van der Waals surface area (Å²) < 4.78 is 2.01. The van der Waals surface area contributed by atoms with Gasteiger partial charge in [0.1, 0.15) is 0 Å². The molecular weight excluding hydrogens is 276 g/mol. The first kappa shape index (κ1) is 17.0. The molecule has 2 rings (SSSR count). The number of aryl methyl sites for hydroxylation is 3. The fourth-order valence-electron chi connectivity index (χ4n) is 3.30. The average molecular weight is 306 g/mol. The zero-order valence-corrected chi connectivity index (χ0v) is 14.2. The third-order valence-corrected chi connectivity index (χ3v) is 4.67. The van der Waals surface area contributed by atoms with E-state index in [0.717, 1.165) is 38.3 Å². The van der Waals surface area contributed by atoms with Gasteiger partial charge in [-0.1, -0.05) is 6.92 Å². The van der Waals surface area contributed by atoms with Crippen LogP contribution >= 0.6 is 0 Å². The van der Waals surface area contributed by atoms with Gasteiger partial charge in [0.25, 0.3) is 0 Å². The normalized spacial score (nSPS) is 17.4. The van der Waals surface area contributed by atoms with Crippen molar-refractivity contribution in [3.63, 3.8) is 0 Å². The number of piperidine rings is 1. The molecule has 0 bridgehead atoms. The lowest BCUT2D eigenvalue weighted by atomic mass is 9.84. The zero-order chi connectivity index (χ0) is 15.9. The molecule has 0 radical (unpaired) electrons. The van der Waals surface area contributed by atoms with Gasteiger partial charge in [0.05, 0.1) is 5.69 Å². The maximum atomic E-state index is 12.0. The molecule has 1 aliphatic heterocycles. The largest absolute Gasteiger partial charge is 0.356 e. The van der Waals surface area contributed by atoms with Crippen molar-refractivity contribution < 1.29 is 4.79 Å². The number of nitrogens with zero attached hydrogens (tertiary/aromatic N) is 2. The molecule has 1 amide bonds. The minimum Gasteiger partial charge on any atom is -0.356 e. The SMILES string of the molecule is Cc1cc(C)n(CCCNC(=O)CC(C)C2CCNCC2)n1. The van der Waals surface area contributed by atoms with Crippen LogP contribution in [0.2, 0.25) is 0 Å². The van der Waals surface area contributed by atoms with Crippen molar-refractivity contribution in [1.29, 1.82) is 0 Å². The third-order valence-electron chi connectivity index (χ3n) is 4.67. The van der Waals surface area contributed by atoms with Gasteiger partial charge < -0.3 is 10.6 Å². The molecule has 1 aliphatic rings. The van der Waals surface area contributed by atoms with Crippen LogP contribution in [0, 0.1) is 25.7 Å². The first-order chi connectivity index (χ1) is 10.6. The van der Waals surface area contributed by atoms with Crippen molar-refractivity contribution in [3.8, 4) is 0 Å². The minimum atomic E-state index is 0.194. The number of amides is 1. The fourth-order valence-corrected chi connectivity index (χ4v) is 3.30. The minimum absolute atomic E-state index is 0.194. The number of nitrogens with one attached hydrogen (secondary N) is 2. The number of hydrogen-bond donors (Lipinski definition) is 2. The molecular formula is C17H30N4O. The molecule has 0 aliphatic carbocycles. The fraction of sp³-hybridized carbons (Fsp3) is 0.765. The van der Waals surface area contributed by atoms with Crippen LogP contribution in [0.4, 0.5) is 0 Å². The molecule has 2 heterocycles. The molecule has 1 aromatic rings. The van der Waals surface area contributed by atoms with E-state index in [1.54, 1.807) is 0 Å². The first-order valence-corrected chi connectivity index (χ1v) is 8.54. The van der Waals surface area contributed by atoms with Crippen molar-refractivity contribution in [2.75, 3.05) is 19.6 Å². The third kappa shape index (κ3) is 5.13. The van der Waals surface area contributed by atoms with Gasteiger partial charge in [-0.2, -0.15) is 5.10 Å². The van der Waals surface area contributed by atoms with E-state index in [9.17, 15) is 4.79 Å². The number of rotatable bonds is 7. The summed E-state index contributed by atoms with van der Waals surface area (Å²) in [6.45, 7) is 10.1. The van der Waals surface area contributed by atoms with E-state index in [4.69, 9.17) is 0 Å². The quantitative estimate of drug-likeness (QED) is 0.758. The Kier molecular flexibility index (Phi) is 6.43. The average Bonchev–Trinajstić information content (AvgIpc) is 2.82. The van der Waals surface area contributed by atoms with Crippen LogP contribution in [-0.2, 0) is 11.3 Å². The molecule has 5 heteroatoms. The van der Waals surface area contributed by atoms with Gasteiger partial charge in [0.2, 0.25) is 5.91 Å². The Hall–Kier alpha value is -1.36. The Morgan fingerprint density at radius 1 is 1.45 bits per heavy atom. The standard InChI is InChI=1S/C17H30N4O/c1-13(16-5-8-18-9-6-16)11-17(22)19-7-4-10-21-15(3)12-14(2)20-21/h12-13,16,18H,4-11H2,1-3H3,(H,19,22). The number of hydrogen-bond acceptors (Lipinski definition) is 3. The number of carbonyl (C=O) groups excluding carboxylic acids is 1. The highest BCUT2D eigenvalue weighted by atomic mass is 16.1. The molecule has 0 aromatic carbocycles. The first-order valence-electron chi connectivity index (χ1n) is 8.54. The highest BCUT2D eigenvalue weighted by molar-refractivity contribution is 5.76. The lowest BCUT2D eigenvalue weighted by Crippen LogP contribution is -2.33. The van der Waals surface area contributed by atoms with E-state index in [1.165, 1.54) is 18.5 Å².